The van der Waals surface area contributed by atoms with Crippen molar-refractivity contribution in [1.82, 2.24) is 16.0 Å². The molecule has 0 unspecified atom stereocenters. The number of carboxylic acid groups (broad SMARTS) is 4. The Balaban J connectivity index is 4.48. The summed E-state index contributed by atoms with van der Waals surface area (Å²) in [7, 11) is 0. The third-order valence-electron chi connectivity index (χ3n) is 13.8. The summed E-state index contributed by atoms with van der Waals surface area (Å²) in [5.41, 5.74) is 5.51. The molecule has 0 aliphatic heterocycles. The van der Waals surface area contributed by atoms with Crippen LogP contribution in [0.15, 0.2) is 0 Å². The predicted molar refractivity (Wildman–Crippen MR) is 285 cm³/mol. The molecule has 20 heteroatoms. The molecule has 0 fully saturated rings. The fraction of sp³-hybridized carbons (Fsp3) is 0.786. The Morgan fingerprint density at radius 2 is 0.921 bits per heavy atom. The van der Waals surface area contributed by atoms with Gasteiger partial charge in [0, 0.05) is 81.6 Å². The zero-order chi connectivity index (χ0) is 57.6. The van der Waals surface area contributed by atoms with E-state index in [-0.39, 0.29) is 93.2 Å². The van der Waals surface area contributed by atoms with E-state index >= 15 is 0 Å². The molecule has 0 spiro atoms. The maximum absolute atomic E-state index is 12.8. The number of hydrogen-bond donors (Lipinski definition) is 8. The van der Waals surface area contributed by atoms with Crippen LogP contribution in [0.3, 0.4) is 0 Å². The lowest BCUT2D eigenvalue weighted by atomic mass is 9.82. The Hall–Kier alpha value is -5.40. The summed E-state index contributed by atoms with van der Waals surface area (Å²) in [5, 5.41) is 45.3. The molecule has 0 radical (unpaired) electrons. The molecule has 0 aromatic rings. The van der Waals surface area contributed by atoms with Crippen molar-refractivity contribution in [3.05, 3.63) is 0 Å². The van der Waals surface area contributed by atoms with E-state index in [1.807, 2.05) is 0 Å². The molecule has 3 amide bonds. The molecule has 0 aromatic heterocycles. The highest BCUT2D eigenvalue weighted by molar-refractivity contribution is 5.92. The van der Waals surface area contributed by atoms with Crippen molar-refractivity contribution in [3.63, 3.8) is 0 Å². The lowest BCUT2D eigenvalue weighted by molar-refractivity contribution is -0.145. The summed E-state index contributed by atoms with van der Waals surface area (Å²) < 4.78 is 0. The average molecular weight is 1080 g/mol. The molecule has 434 valence electrons. The molecule has 0 saturated heterocycles. The maximum atomic E-state index is 12.8. The smallest absolute Gasteiger partial charge is 0.326 e. The molecule has 0 aliphatic rings. The Morgan fingerprint density at radius 1 is 0.461 bits per heavy atom. The zero-order valence-electron chi connectivity index (χ0n) is 46.4. The summed E-state index contributed by atoms with van der Waals surface area (Å²) in [5.74, 6) is -9.70. The van der Waals surface area contributed by atoms with Crippen molar-refractivity contribution in [2.75, 3.05) is 6.54 Å². The third-order valence-corrected chi connectivity index (χ3v) is 13.8. The van der Waals surface area contributed by atoms with E-state index in [0.29, 0.717) is 57.9 Å². The number of carbonyl (C=O) groups is 12. The largest absolute Gasteiger partial charge is 0.481 e. The van der Waals surface area contributed by atoms with E-state index < -0.39 is 95.6 Å². The quantitative estimate of drug-likeness (QED) is 0.0272. The van der Waals surface area contributed by atoms with Crippen LogP contribution in [0.4, 0.5) is 0 Å². The number of rotatable bonds is 49. The molecule has 0 rings (SSSR count). The maximum Gasteiger partial charge on any atom is 0.326 e. The van der Waals surface area contributed by atoms with Gasteiger partial charge in [0.15, 0.2) is 0 Å². The highest BCUT2D eigenvalue weighted by atomic mass is 16.4. The Labute approximate surface area is 450 Å². The molecule has 0 saturated carbocycles. The van der Waals surface area contributed by atoms with Gasteiger partial charge in [0.25, 0.3) is 0 Å². The molecule has 0 heterocycles. The van der Waals surface area contributed by atoms with Crippen molar-refractivity contribution < 1.29 is 78.0 Å². The van der Waals surface area contributed by atoms with Crippen LogP contribution in [0.2, 0.25) is 0 Å². The van der Waals surface area contributed by atoms with E-state index in [1.165, 1.54) is 6.92 Å². The van der Waals surface area contributed by atoms with E-state index in [0.717, 1.165) is 70.6 Å². The van der Waals surface area contributed by atoms with Gasteiger partial charge < -0.3 is 42.1 Å². The number of carboxylic acids is 4. The van der Waals surface area contributed by atoms with Gasteiger partial charge >= 0.3 is 23.9 Å². The number of aliphatic carboxylic acids is 4. The van der Waals surface area contributed by atoms with E-state index in [1.54, 1.807) is 27.7 Å². The first-order chi connectivity index (χ1) is 35.7. The average Bonchev–Trinajstić information content (AvgIpc) is 3.33. The SMILES string of the molecule is CC(=O)[C@H](CCCCNC(=O)[C@@H](N)CCCCCC(=O)CC[C@H](NC(=O)CC[C@H](CC(=O)CC[C@H](NC(=O)CCCCCCCCCCCCCCC(=O)O)C(=O)O)C(=O)O)C(=O)O)CC(=O)[C@H](C)CC(=O)C(C)(C)C. The summed E-state index contributed by atoms with van der Waals surface area (Å²) in [6, 6.07) is -3.55. The van der Waals surface area contributed by atoms with Gasteiger partial charge in [0.2, 0.25) is 17.7 Å². The number of ketones is 5. The lowest BCUT2D eigenvalue weighted by Crippen LogP contribution is -2.41. The molecule has 9 N–H and O–H groups in total. The predicted octanol–water partition coefficient (Wildman–Crippen LogP) is 7.61. The van der Waals surface area contributed by atoms with Gasteiger partial charge in [-0.3, -0.25) is 47.9 Å². The number of nitrogens with one attached hydrogen (secondary N) is 3. The highest BCUT2D eigenvalue weighted by Crippen LogP contribution is 2.24. The van der Waals surface area contributed by atoms with Crippen molar-refractivity contribution in [2.45, 2.75) is 252 Å². The first-order valence-electron chi connectivity index (χ1n) is 27.9. The second-order valence-electron chi connectivity index (χ2n) is 21.7. The van der Waals surface area contributed by atoms with Gasteiger partial charge in [0.1, 0.15) is 41.0 Å². The Morgan fingerprint density at radius 3 is 1.41 bits per heavy atom. The molecule has 6 atom stereocenters. The van der Waals surface area contributed by atoms with Gasteiger partial charge in [0.05, 0.1) is 12.0 Å². The minimum Gasteiger partial charge on any atom is -0.481 e. The zero-order valence-corrected chi connectivity index (χ0v) is 46.4. The molecule has 0 aliphatic carbocycles. The number of Topliss-reactive ketones (excluding diaryl/α,β-unsaturated/α-hetero) is 5. The summed E-state index contributed by atoms with van der Waals surface area (Å²) in [6.07, 6.45) is 13.7. The fourth-order valence-corrected chi connectivity index (χ4v) is 8.55. The number of amides is 3. The van der Waals surface area contributed by atoms with Crippen LogP contribution in [0.1, 0.15) is 234 Å². The normalized spacial score (nSPS) is 13.8. The van der Waals surface area contributed by atoms with E-state index in [2.05, 4.69) is 16.0 Å². The first-order valence-corrected chi connectivity index (χ1v) is 27.9. The second kappa shape index (κ2) is 40.8. The third kappa shape index (κ3) is 36.6. The Bertz CT molecular complexity index is 1860. The van der Waals surface area contributed by atoms with Crippen molar-refractivity contribution in [3.8, 4) is 0 Å². The van der Waals surface area contributed by atoms with Gasteiger partial charge in [-0.1, -0.05) is 111 Å². The van der Waals surface area contributed by atoms with Crippen LogP contribution in [0.5, 0.6) is 0 Å². The van der Waals surface area contributed by atoms with E-state index in [4.69, 9.17) is 10.8 Å². The number of carbonyl (C=O) groups excluding carboxylic acids is 8. The lowest BCUT2D eigenvalue weighted by Gasteiger charge is -2.20. The van der Waals surface area contributed by atoms with Gasteiger partial charge in [-0.15, -0.1) is 0 Å². The molecular formula is C56H94N4O16. The minimum absolute atomic E-state index is 0.00725. The monoisotopic (exact) mass is 1080 g/mol. The summed E-state index contributed by atoms with van der Waals surface area (Å²) in [4.78, 5) is 147. The topological polar surface area (TPSA) is 348 Å². The van der Waals surface area contributed by atoms with Gasteiger partial charge in [-0.05, 0) is 64.7 Å². The van der Waals surface area contributed by atoms with E-state index in [9.17, 15) is 72.9 Å². The van der Waals surface area contributed by atoms with Crippen molar-refractivity contribution in [2.24, 2.45) is 28.9 Å². The standard InChI is InChI=1S/C56H94N4O16/c1-38(35-48(65)56(3,4)5)47(64)37-40(39(2)61)23-21-22-34-58-52(70)44(57)25-18-16-17-24-42(62)29-31-45(54(73)74)60-50(67)33-28-41(53(71)72)36-43(63)30-32-46(55(75)76)59-49(66)26-19-14-12-10-8-6-7-9-11-13-15-20-27-51(68)69/h38,40-41,44-46H,6-37,57H2,1-5H3,(H,58,70)(H,59,66)(H,60,67)(H,68,69)(H,71,72)(H,73,74)(H,75,76)/t38-,40-,41-,44+,45+,46+/m1/s1. The van der Waals surface area contributed by atoms with Crippen LogP contribution in [0, 0.1) is 23.2 Å². The minimum atomic E-state index is -1.42. The van der Waals surface area contributed by atoms with Crippen LogP contribution in [-0.4, -0.2) is 116 Å². The first kappa shape index (κ1) is 70.6. The summed E-state index contributed by atoms with van der Waals surface area (Å²) in [6.45, 7) is 8.91. The van der Waals surface area contributed by atoms with Gasteiger partial charge in [-0.25, -0.2) is 9.59 Å². The van der Waals surface area contributed by atoms with Gasteiger partial charge in [-0.2, -0.15) is 0 Å². The molecule has 0 bridgehead atoms. The molecular weight excluding hydrogens is 985 g/mol. The number of unbranched alkanes of at least 4 members (excludes halogenated alkanes) is 14. The second-order valence-corrected chi connectivity index (χ2v) is 21.7. The summed E-state index contributed by atoms with van der Waals surface area (Å²) >= 11 is 0. The van der Waals surface area contributed by atoms with Crippen LogP contribution in [-0.2, 0) is 57.5 Å². The van der Waals surface area contributed by atoms with Crippen LogP contribution < -0.4 is 21.7 Å². The Kier molecular flexibility index (Phi) is 37.9. The van der Waals surface area contributed by atoms with Crippen LogP contribution >= 0.6 is 0 Å². The molecule has 20 nitrogen and oxygen atoms in total. The van der Waals surface area contributed by atoms with Crippen molar-refractivity contribution in [1.29, 1.82) is 0 Å². The van der Waals surface area contributed by atoms with Crippen molar-refractivity contribution >= 4 is 70.5 Å². The molecule has 76 heavy (non-hydrogen) atoms. The van der Waals surface area contributed by atoms with Crippen LogP contribution in [0.25, 0.3) is 0 Å². The molecule has 0 aromatic carbocycles. The highest BCUT2D eigenvalue weighted by Gasteiger charge is 2.29. The number of hydrogen-bond acceptors (Lipinski definition) is 13. The fourth-order valence-electron chi connectivity index (χ4n) is 8.55. The number of nitrogens with two attached hydrogens (primary N) is 1.